The minimum atomic E-state index is -6.45. The third kappa shape index (κ3) is 5.29. The van der Waals surface area contributed by atoms with Crippen molar-refractivity contribution in [3.8, 4) is 0 Å². The molecule has 1 aromatic heterocycles. The van der Waals surface area contributed by atoms with Gasteiger partial charge in [0.1, 0.15) is 23.0 Å². The highest BCUT2D eigenvalue weighted by Crippen LogP contribution is 2.49. The van der Waals surface area contributed by atoms with Crippen LogP contribution >= 0.6 is 0 Å². The Balaban J connectivity index is 2.00. The first-order chi connectivity index (χ1) is 17.0. The predicted octanol–water partition coefficient (Wildman–Crippen LogP) is 6.05. The molecule has 1 N–H and O–H groups in total. The van der Waals surface area contributed by atoms with E-state index in [1.165, 1.54) is 17.4 Å². The van der Waals surface area contributed by atoms with Gasteiger partial charge in [0.15, 0.2) is 11.5 Å². The summed E-state index contributed by atoms with van der Waals surface area (Å²) in [4.78, 5) is 24.9. The first-order valence-electron chi connectivity index (χ1n) is 9.92. The molecule has 0 radical (unpaired) electrons. The summed E-state index contributed by atoms with van der Waals surface area (Å²) in [6.07, 6.45) is -13.1. The Morgan fingerprint density at radius 2 is 1.49 bits per heavy atom. The third-order valence-electron chi connectivity index (χ3n) is 5.06. The number of hydrogen-bond acceptors (Lipinski definition) is 3. The fourth-order valence-corrected chi connectivity index (χ4v) is 3.31. The SMILES string of the molecule is Cn1nc(C(F)(F)C(F)(F)F)c(C(F)(F)F)c1NC(=O)c1cccc(CC(=O)c2ccccc2F)c1F. The molecule has 0 aliphatic rings. The monoisotopic (exact) mass is 541 g/mol. The van der Waals surface area contributed by atoms with Crippen molar-refractivity contribution < 1.29 is 53.5 Å². The van der Waals surface area contributed by atoms with Crippen LogP contribution in [0.1, 0.15) is 37.5 Å². The number of nitrogens with one attached hydrogen (secondary N) is 1. The molecule has 2 aromatic carbocycles. The maximum absolute atomic E-state index is 15.0. The predicted molar refractivity (Wildman–Crippen MR) is 107 cm³/mol. The van der Waals surface area contributed by atoms with Crippen molar-refractivity contribution in [2.45, 2.75) is 24.7 Å². The van der Waals surface area contributed by atoms with Crippen LogP contribution in [0.4, 0.5) is 49.7 Å². The molecule has 37 heavy (non-hydrogen) atoms. The van der Waals surface area contributed by atoms with E-state index in [1.54, 1.807) is 0 Å². The summed E-state index contributed by atoms with van der Waals surface area (Å²) >= 11 is 0. The number of amides is 1. The van der Waals surface area contributed by atoms with Gasteiger partial charge >= 0.3 is 18.3 Å². The van der Waals surface area contributed by atoms with Crippen molar-refractivity contribution in [2.75, 3.05) is 5.32 Å². The van der Waals surface area contributed by atoms with Gasteiger partial charge < -0.3 is 5.32 Å². The van der Waals surface area contributed by atoms with Crippen LogP contribution in [-0.4, -0.2) is 27.6 Å². The van der Waals surface area contributed by atoms with E-state index in [1.807, 2.05) is 0 Å². The molecule has 0 aliphatic carbocycles. The first kappa shape index (κ1) is 27.7. The summed E-state index contributed by atoms with van der Waals surface area (Å²) in [7, 11) is 0.556. The van der Waals surface area contributed by atoms with E-state index in [0.717, 1.165) is 30.3 Å². The van der Waals surface area contributed by atoms with Crippen LogP contribution < -0.4 is 5.32 Å². The number of benzene rings is 2. The summed E-state index contributed by atoms with van der Waals surface area (Å²) in [6, 6.07) is 7.52. The summed E-state index contributed by atoms with van der Waals surface area (Å²) in [6.45, 7) is 0. The van der Waals surface area contributed by atoms with Crippen LogP contribution in [0.25, 0.3) is 0 Å². The van der Waals surface area contributed by atoms with Crippen LogP contribution in [0.5, 0.6) is 0 Å². The lowest BCUT2D eigenvalue weighted by Gasteiger charge is -2.19. The molecule has 1 amide bonds. The van der Waals surface area contributed by atoms with Gasteiger partial charge in [-0.25, -0.2) is 8.78 Å². The topological polar surface area (TPSA) is 64.0 Å². The minimum Gasteiger partial charge on any atom is -0.306 e. The molecule has 3 rings (SSSR count). The molecule has 0 fully saturated rings. The molecule has 0 unspecified atom stereocenters. The van der Waals surface area contributed by atoms with Gasteiger partial charge in [-0.05, 0) is 23.8 Å². The second kappa shape index (κ2) is 9.52. The molecule has 0 spiro atoms. The Morgan fingerprint density at radius 3 is 2.05 bits per heavy atom. The third-order valence-corrected chi connectivity index (χ3v) is 5.06. The van der Waals surface area contributed by atoms with Gasteiger partial charge in [0.2, 0.25) is 0 Å². The second-order valence-electron chi connectivity index (χ2n) is 7.58. The van der Waals surface area contributed by atoms with Crippen molar-refractivity contribution in [1.82, 2.24) is 9.78 Å². The average molecular weight is 541 g/mol. The van der Waals surface area contributed by atoms with Crippen molar-refractivity contribution >= 4 is 17.5 Å². The van der Waals surface area contributed by atoms with E-state index in [9.17, 15) is 53.5 Å². The van der Waals surface area contributed by atoms with E-state index >= 15 is 0 Å². The van der Waals surface area contributed by atoms with Gasteiger partial charge in [-0.15, -0.1) is 0 Å². The van der Waals surface area contributed by atoms with Crippen LogP contribution in [0.15, 0.2) is 42.5 Å². The second-order valence-corrected chi connectivity index (χ2v) is 7.58. The maximum Gasteiger partial charge on any atom is 0.459 e. The molecule has 1 heterocycles. The van der Waals surface area contributed by atoms with Crippen LogP contribution in [0, 0.1) is 11.6 Å². The average Bonchev–Trinajstić information content (AvgIpc) is 3.11. The first-order valence-corrected chi connectivity index (χ1v) is 9.92. The van der Waals surface area contributed by atoms with Gasteiger partial charge in [-0.2, -0.15) is 40.2 Å². The number of aryl methyl sites for hydroxylation is 1. The number of halogens is 10. The lowest BCUT2D eigenvalue weighted by atomic mass is 10.00. The normalized spacial score (nSPS) is 12.5. The quantitative estimate of drug-likeness (QED) is 0.306. The van der Waals surface area contributed by atoms with Crippen LogP contribution in [0.2, 0.25) is 0 Å². The molecule has 0 saturated carbocycles. The fraction of sp³-hybridized carbons (Fsp3) is 0.227. The lowest BCUT2D eigenvalue weighted by molar-refractivity contribution is -0.292. The summed E-state index contributed by atoms with van der Waals surface area (Å²) < 4.78 is 135. The summed E-state index contributed by atoms with van der Waals surface area (Å²) in [5, 5.41) is 4.08. The number of carbonyl (C=O) groups is 2. The number of carbonyl (C=O) groups excluding carboxylic acids is 2. The molecule has 0 saturated heterocycles. The zero-order chi connectivity index (χ0) is 27.9. The van der Waals surface area contributed by atoms with Crippen LogP contribution in [0.3, 0.4) is 0 Å². The van der Waals surface area contributed by atoms with Crippen molar-refractivity contribution in [2.24, 2.45) is 7.05 Å². The van der Waals surface area contributed by atoms with E-state index < -0.39 is 81.8 Å². The van der Waals surface area contributed by atoms with E-state index in [0.29, 0.717) is 7.05 Å². The molecular formula is C22H13F10N3O2. The fourth-order valence-electron chi connectivity index (χ4n) is 3.31. The highest BCUT2D eigenvalue weighted by Gasteiger charge is 2.64. The van der Waals surface area contributed by atoms with Gasteiger partial charge in [-0.3, -0.25) is 14.3 Å². The van der Waals surface area contributed by atoms with Gasteiger partial charge in [0.25, 0.3) is 5.91 Å². The smallest absolute Gasteiger partial charge is 0.306 e. The molecular weight excluding hydrogens is 528 g/mol. The molecule has 198 valence electrons. The zero-order valence-corrected chi connectivity index (χ0v) is 18.2. The Kier molecular flexibility index (Phi) is 7.12. The number of rotatable bonds is 6. The largest absolute Gasteiger partial charge is 0.459 e. The molecule has 0 bridgehead atoms. The molecule has 15 heteroatoms. The van der Waals surface area contributed by atoms with E-state index in [4.69, 9.17) is 0 Å². The van der Waals surface area contributed by atoms with Crippen molar-refractivity contribution in [3.05, 3.63) is 82.0 Å². The number of Topliss-reactive ketones (excluding diaryl/α,β-unsaturated/α-hetero) is 1. The van der Waals surface area contributed by atoms with Crippen LogP contribution in [-0.2, 0) is 25.6 Å². The minimum absolute atomic E-state index is 0.0703. The van der Waals surface area contributed by atoms with E-state index in [2.05, 4.69) is 5.10 Å². The van der Waals surface area contributed by atoms with E-state index in [-0.39, 0.29) is 4.68 Å². The van der Waals surface area contributed by atoms with Gasteiger partial charge in [0.05, 0.1) is 11.1 Å². The van der Waals surface area contributed by atoms with Crippen molar-refractivity contribution in [3.63, 3.8) is 0 Å². The number of nitrogens with zero attached hydrogens (tertiary/aromatic N) is 2. The van der Waals surface area contributed by atoms with Gasteiger partial charge in [0, 0.05) is 13.5 Å². The number of hydrogen-bond donors (Lipinski definition) is 1. The zero-order valence-electron chi connectivity index (χ0n) is 18.2. The maximum atomic E-state index is 15.0. The molecule has 5 nitrogen and oxygen atoms in total. The van der Waals surface area contributed by atoms with Gasteiger partial charge in [-0.1, -0.05) is 24.3 Å². The number of alkyl halides is 8. The lowest BCUT2D eigenvalue weighted by Crippen LogP contribution is -2.36. The standard InChI is InChI=1S/C22H13F10N3O2/c1-35-18(15(21(27,28)29)17(34-35)20(25,26)22(30,31)32)33-19(37)12-7-4-5-10(16(12)24)9-14(36)11-6-2-3-8-13(11)23/h2-8H,9H2,1H3,(H,33,37). The summed E-state index contributed by atoms with van der Waals surface area (Å²) in [5.74, 6) is -12.6. The number of anilines is 1. The summed E-state index contributed by atoms with van der Waals surface area (Å²) in [5.41, 5.74) is -7.14. The number of ketones is 1. The molecule has 0 atom stereocenters. The van der Waals surface area contributed by atoms with Crippen molar-refractivity contribution in [1.29, 1.82) is 0 Å². The Hall–Kier alpha value is -3.91. The highest BCUT2D eigenvalue weighted by molar-refractivity contribution is 6.05. The molecule has 3 aromatic rings. The highest BCUT2D eigenvalue weighted by atomic mass is 19.4. The Morgan fingerprint density at radius 1 is 0.892 bits per heavy atom. The number of aromatic nitrogens is 2. The molecule has 0 aliphatic heterocycles. The Bertz CT molecular complexity index is 1360. The Labute approximate surface area is 200 Å².